The van der Waals surface area contributed by atoms with Crippen LogP contribution in [0.15, 0.2) is 105 Å². The Balaban J connectivity index is 0.000000222. The summed E-state index contributed by atoms with van der Waals surface area (Å²) in [5, 5.41) is 46.8. The van der Waals surface area contributed by atoms with Crippen LogP contribution in [0.3, 0.4) is 0 Å². The molecule has 14 rings (SSSR count). The number of sulfonamides is 2. The van der Waals surface area contributed by atoms with Crippen molar-refractivity contribution < 1.29 is 93.8 Å². The van der Waals surface area contributed by atoms with E-state index < -0.39 is 150 Å². The van der Waals surface area contributed by atoms with Gasteiger partial charge in [0.15, 0.2) is 10.3 Å². The molecule has 2 aromatic carbocycles. The zero-order valence-corrected chi connectivity index (χ0v) is 79.7. The van der Waals surface area contributed by atoms with Crippen LogP contribution < -0.4 is 50.8 Å². The molecule has 7 aliphatic rings. The number of thiophene rings is 1. The number of anilines is 2. The third kappa shape index (κ3) is 23.2. The summed E-state index contributed by atoms with van der Waals surface area (Å²) >= 11 is 3.97. The van der Waals surface area contributed by atoms with Gasteiger partial charge in [-0.25, -0.2) is 55.9 Å². The highest BCUT2D eigenvalue weighted by Crippen LogP contribution is 2.48. The number of methoxy groups -OCH3 is 2. The van der Waals surface area contributed by atoms with E-state index in [1.165, 1.54) is 49.9 Å². The van der Waals surface area contributed by atoms with Crippen molar-refractivity contribution in [2.75, 3.05) is 70.4 Å². The van der Waals surface area contributed by atoms with Crippen molar-refractivity contribution in [1.82, 2.24) is 59.6 Å². The van der Waals surface area contributed by atoms with Crippen molar-refractivity contribution in [3.8, 4) is 45.8 Å². The molecule has 130 heavy (non-hydrogen) atoms. The number of nitrogens with zero attached hydrogens (tertiary/aromatic N) is 8. The van der Waals surface area contributed by atoms with Crippen LogP contribution in [0.2, 0.25) is 0 Å². The van der Waals surface area contributed by atoms with E-state index in [-0.39, 0.29) is 86.7 Å². The normalized spacial score (nSPS) is 25.1. The Morgan fingerprint density at radius 3 is 1.48 bits per heavy atom. The number of carbonyl (C=O) groups excluding carboxylic acids is 6. The lowest BCUT2D eigenvalue weighted by Gasteiger charge is -2.36. The summed E-state index contributed by atoms with van der Waals surface area (Å²) in [6, 6.07) is 13.3. The van der Waals surface area contributed by atoms with Crippen molar-refractivity contribution in [2.24, 2.45) is 22.7 Å². The maximum Gasteiger partial charge on any atom is 0.408 e. The Bertz CT molecular complexity index is 5600. The van der Waals surface area contributed by atoms with Gasteiger partial charge in [-0.05, 0) is 128 Å². The number of benzene rings is 2. The fourth-order valence-electron chi connectivity index (χ4n) is 16.8. The number of allylic oxidation sites excluding steroid dienone is 2. The van der Waals surface area contributed by atoms with Crippen LogP contribution in [0.4, 0.5) is 19.9 Å². The van der Waals surface area contributed by atoms with Gasteiger partial charge in [0.05, 0.1) is 68.6 Å². The van der Waals surface area contributed by atoms with Gasteiger partial charge >= 0.3 is 24.1 Å². The molecule has 2 saturated carbocycles. The molecular formula is C91H120N14O20S5. The lowest BCUT2D eigenvalue weighted by atomic mass is 9.89. The molecule has 10 heterocycles. The van der Waals surface area contributed by atoms with E-state index in [4.69, 9.17) is 48.4 Å². The van der Waals surface area contributed by atoms with Crippen molar-refractivity contribution in [2.45, 2.75) is 248 Å². The zero-order chi connectivity index (χ0) is 93.5. The summed E-state index contributed by atoms with van der Waals surface area (Å²) in [7, 11) is -2.83. The number of alkyl carbamates (subject to hydrolysis) is 2. The average Bonchev–Trinajstić information content (AvgIpc) is 1.58. The fraction of sp³-hybridized carbons (Fsp3) is 0.560. The molecule has 0 bridgehead atoms. The van der Waals surface area contributed by atoms with Gasteiger partial charge in [0.2, 0.25) is 33.7 Å². The third-order valence-corrected chi connectivity index (χ3v) is 31.2. The van der Waals surface area contributed by atoms with E-state index in [1.54, 1.807) is 62.1 Å². The summed E-state index contributed by atoms with van der Waals surface area (Å²) < 4.78 is 91.7. The molecule has 7 aromatic rings. The molecule has 5 fully saturated rings. The van der Waals surface area contributed by atoms with Crippen LogP contribution in [0.5, 0.6) is 23.0 Å². The van der Waals surface area contributed by atoms with Crippen molar-refractivity contribution >= 4 is 134 Å². The Hall–Kier alpha value is -10.3. The minimum absolute atomic E-state index is 0.0105. The molecule has 8 N–H and O–H groups in total. The largest absolute Gasteiger partial charge is 0.497 e. The smallest absolute Gasteiger partial charge is 0.408 e. The number of aliphatic carboxylic acids is 2. The highest BCUT2D eigenvalue weighted by atomic mass is 32.2. The SMILES string of the molecule is COc1ccc2c(O[C@@H]3C[C@H]4C(=O)N[C@]5(C(=O)O)CC5/C=C\CCCCC[C@H](NC(=O)O[C@H](CN(C)S(=O)(=O)c5cccs5)C(C)(C)C)C(=O)N4C3)cc(-c3csc(NC(C)C)n3)nc2c1.COc1ccc2c(O[C@@H]3C[C@H]4C(=O)N[C@]5(C(=O)O)CC5/C=C\CCCCC[C@H](NC(=O)O[C@H](CN5CCCCS5(=O)=O)C(C)(C)C)C(=O)N4C3)cc(-c3csc(NC(C)C)n3)nc2c1. The molecule has 2 aliphatic carbocycles. The molecule has 12 atom stereocenters. The quantitative estimate of drug-likeness (QED) is 0.0260. The number of amides is 6. The van der Waals surface area contributed by atoms with Gasteiger partial charge in [0, 0.05) is 107 Å². The Morgan fingerprint density at radius 2 is 1.07 bits per heavy atom. The minimum atomic E-state index is -3.87. The first-order chi connectivity index (χ1) is 61.6. The Morgan fingerprint density at radius 1 is 0.608 bits per heavy atom. The van der Waals surface area contributed by atoms with Gasteiger partial charge in [0.1, 0.15) is 98.3 Å². The van der Waals surface area contributed by atoms with Crippen molar-refractivity contribution in [3.63, 3.8) is 0 Å². The van der Waals surface area contributed by atoms with Gasteiger partial charge in [-0.2, -0.15) is 8.61 Å². The first kappa shape index (κ1) is 97.2. The number of carboxylic acid groups (broad SMARTS) is 2. The van der Waals surface area contributed by atoms with Crippen molar-refractivity contribution in [1.29, 1.82) is 0 Å². The molecular weight excluding hydrogens is 1770 g/mol. The molecule has 5 aromatic heterocycles. The van der Waals surface area contributed by atoms with Crippen LogP contribution in [0.1, 0.15) is 172 Å². The number of fused-ring (bicyclic) bond motifs is 6. The van der Waals surface area contributed by atoms with E-state index in [2.05, 4.69) is 31.9 Å². The van der Waals surface area contributed by atoms with Crippen LogP contribution in [-0.4, -0.2) is 245 Å². The topological polar surface area (TPSA) is 437 Å². The highest BCUT2D eigenvalue weighted by molar-refractivity contribution is 7.91. The Labute approximate surface area is 770 Å². The molecule has 0 spiro atoms. The van der Waals surface area contributed by atoms with E-state index >= 15 is 0 Å². The number of likely N-dealkylation sites (N-methyl/N-ethyl adjacent to an activating group) is 1. The number of thiazole rings is 2. The second-order valence-corrected chi connectivity index (χ2v) is 44.2. The lowest BCUT2D eigenvalue weighted by molar-refractivity contribution is -0.146. The second-order valence-electron chi connectivity index (χ2n) is 37.2. The number of carbonyl (C=O) groups is 8. The first-order valence-electron chi connectivity index (χ1n) is 44.4. The van der Waals surface area contributed by atoms with E-state index in [9.17, 15) is 65.4 Å². The maximum absolute atomic E-state index is 14.9. The number of carboxylic acids is 2. The number of hydrogen-bond donors (Lipinski definition) is 8. The molecule has 5 aliphatic heterocycles. The number of ether oxygens (including phenoxy) is 6. The molecule has 34 nitrogen and oxygen atoms in total. The molecule has 6 amide bonds. The van der Waals surface area contributed by atoms with Crippen LogP contribution >= 0.6 is 34.0 Å². The van der Waals surface area contributed by atoms with Gasteiger partial charge < -0.3 is 80.3 Å². The number of pyridine rings is 2. The van der Waals surface area contributed by atoms with Crippen LogP contribution in [-0.2, 0) is 58.3 Å². The lowest BCUT2D eigenvalue weighted by Crippen LogP contribution is -2.57. The zero-order valence-electron chi connectivity index (χ0n) is 75.7. The fourth-order valence-corrected chi connectivity index (χ4v) is 22.5. The van der Waals surface area contributed by atoms with Crippen LogP contribution in [0.25, 0.3) is 44.6 Å². The number of aromatic nitrogens is 4. The summed E-state index contributed by atoms with van der Waals surface area (Å²) in [6.07, 6.45) is 10.1. The summed E-state index contributed by atoms with van der Waals surface area (Å²) in [4.78, 5) is 134. The maximum atomic E-state index is 14.9. The summed E-state index contributed by atoms with van der Waals surface area (Å²) in [5.74, 6) is -3.48. The van der Waals surface area contributed by atoms with Gasteiger partial charge in [-0.3, -0.25) is 19.2 Å². The summed E-state index contributed by atoms with van der Waals surface area (Å²) in [5.41, 5.74) is -0.961. The Kier molecular flexibility index (Phi) is 30.5. The van der Waals surface area contributed by atoms with Crippen LogP contribution in [0, 0.1) is 22.7 Å². The second kappa shape index (κ2) is 40.8. The molecule has 704 valence electrons. The highest BCUT2D eigenvalue weighted by Gasteiger charge is 2.63. The third-order valence-electron chi connectivity index (χ3n) is 24.6. The van der Waals surface area contributed by atoms with Crippen molar-refractivity contribution in [3.05, 3.63) is 101 Å². The number of rotatable bonds is 24. The van der Waals surface area contributed by atoms with Gasteiger partial charge in [-0.1, -0.05) is 97.6 Å². The monoisotopic (exact) mass is 1890 g/mol. The predicted molar refractivity (Wildman–Crippen MR) is 495 cm³/mol. The number of nitrogens with one attached hydrogen (secondary N) is 6. The van der Waals surface area contributed by atoms with E-state index in [0.29, 0.717) is 119 Å². The molecule has 0 radical (unpaired) electrons. The first-order valence-corrected chi connectivity index (χ1v) is 50.1. The number of hydrogen-bond acceptors (Lipinski definition) is 27. The molecule has 2 unspecified atom stereocenters. The molecule has 39 heteroatoms. The minimum Gasteiger partial charge on any atom is -0.497 e. The summed E-state index contributed by atoms with van der Waals surface area (Å²) in [6.45, 7) is 19.2. The predicted octanol–water partition coefficient (Wildman–Crippen LogP) is 12.9. The molecule has 3 saturated heterocycles. The van der Waals surface area contributed by atoms with E-state index in [0.717, 1.165) is 45.2 Å². The standard InChI is InChI=1S/C46H59N7O10S3.C45H61N7O10S2/c1-27(2)47-43-49-35(26-65-43)34-22-37(31-18-17-29(61-7)20-33(31)48-34)62-30-21-36-40(54)51-46(42(56)57)23-28(46)14-11-9-8-10-12-15-32(41(55)53(36)24-30)50-44(58)63-38(45(3,4)5)25-52(6)66(59,60)39-16-13-19-64-39;1-27(2)46-42-48-35(26-63-42)34-22-37(31-17-16-29(60-6)20-33(31)47-34)61-30-21-36-39(53)50-45(41(55)56)23-28(45)14-10-8-7-9-11-15-32(40(54)52(36)24-30)49-43(57)62-38(44(3,4)5)25-51-18-12-13-19-64(51,58)59/h11,13-14,16-20,22,26-28,30,32,36,38H,8-10,12,15,21,23-25H2,1-7H3,(H,47,49)(H,50,58)(H,51,54)(H,56,57);10,14,16-17,20,22,26-28,30,32,36,38H,7-9,11-13,15,18-19,21,23-25H2,1-6H3,(H,46,48)(H,49,57)(H,50,53)(H,55,56)/b14-11-;14-10-/t28?,30-,32+,36+,38-,46-;28?,30-,32+,36+,38-,45-/m11/s1. The van der Waals surface area contributed by atoms with Gasteiger partial charge in [0.25, 0.3) is 10.0 Å². The van der Waals surface area contributed by atoms with E-state index in [1.807, 2.05) is 116 Å². The average molecular weight is 1890 g/mol. The van der Waals surface area contributed by atoms with Gasteiger partial charge in [-0.15, -0.1) is 34.0 Å².